The van der Waals surface area contributed by atoms with Crippen molar-refractivity contribution in [2.24, 2.45) is 0 Å². The smallest absolute Gasteiger partial charge is 0.119 e. The molecule has 1 rings (SSSR count). The summed E-state index contributed by atoms with van der Waals surface area (Å²) in [6.45, 7) is 7.83. The van der Waals surface area contributed by atoms with Crippen molar-refractivity contribution in [3.05, 3.63) is 53.6 Å². The number of benzene rings is 1. The highest BCUT2D eigenvalue weighted by Crippen LogP contribution is 2.20. The third-order valence-corrected chi connectivity index (χ3v) is 2.25. The number of hydrogen-bond donors (Lipinski definition) is 1. The molecule has 0 heterocycles. The first-order valence-corrected chi connectivity index (χ1v) is 5.18. The third-order valence-electron chi connectivity index (χ3n) is 2.25. The maximum Gasteiger partial charge on any atom is 0.119 e. The molecule has 0 atom stereocenters. The Morgan fingerprint density at radius 2 is 2.07 bits per heavy atom. The summed E-state index contributed by atoms with van der Waals surface area (Å²) >= 11 is 0. The van der Waals surface area contributed by atoms with Crippen molar-refractivity contribution in [1.82, 2.24) is 0 Å². The lowest BCUT2D eigenvalue weighted by molar-refractivity contribution is 0.469. The van der Waals surface area contributed by atoms with E-state index in [1.807, 2.05) is 18.2 Å². The molecule has 0 unspecified atom stereocenters. The molecule has 0 aliphatic heterocycles. The van der Waals surface area contributed by atoms with Gasteiger partial charge in [-0.2, -0.15) is 0 Å². The molecule has 0 spiro atoms. The number of rotatable bonds is 4. The highest BCUT2D eigenvalue weighted by atomic mass is 16.3. The molecule has 0 amide bonds. The Balaban J connectivity index is 2.89. The third kappa shape index (κ3) is 3.62. The minimum Gasteiger partial charge on any atom is -0.508 e. The summed E-state index contributed by atoms with van der Waals surface area (Å²) in [6.07, 6.45) is 5.63. The summed E-state index contributed by atoms with van der Waals surface area (Å²) in [6, 6.07) is 5.73. The van der Waals surface area contributed by atoms with Gasteiger partial charge in [0, 0.05) is 0 Å². The number of phenols is 1. The lowest BCUT2D eigenvalue weighted by Gasteiger charge is -2.04. The zero-order valence-corrected chi connectivity index (χ0v) is 9.46. The topological polar surface area (TPSA) is 20.2 Å². The normalized spacial score (nSPS) is 9.73. The van der Waals surface area contributed by atoms with Gasteiger partial charge >= 0.3 is 0 Å². The Bertz CT molecular complexity index is 371. The number of hydrogen-bond acceptors (Lipinski definition) is 1. The average Bonchev–Trinajstić information content (AvgIpc) is 2.19. The van der Waals surface area contributed by atoms with Gasteiger partial charge in [0.2, 0.25) is 0 Å². The van der Waals surface area contributed by atoms with Gasteiger partial charge in [-0.1, -0.05) is 29.9 Å². The number of allylic oxidation sites excluding steroid dienone is 3. The van der Waals surface area contributed by atoms with E-state index < -0.39 is 0 Å². The molecular formula is C14H18O. The van der Waals surface area contributed by atoms with Gasteiger partial charge in [0.05, 0.1) is 0 Å². The van der Waals surface area contributed by atoms with E-state index in [1.54, 1.807) is 6.07 Å². The van der Waals surface area contributed by atoms with Gasteiger partial charge in [-0.05, 0) is 43.9 Å². The van der Waals surface area contributed by atoms with Crippen LogP contribution < -0.4 is 0 Å². The van der Waals surface area contributed by atoms with Crippen LogP contribution >= 0.6 is 0 Å². The first-order valence-electron chi connectivity index (χ1n) is 5.18. The molecule has 1 aromatic carbocycles. The summed E-state index contributed by atoms with van der Waals surface area (Å²) in [5.74, 6) is 0.375. The molecule has 1 N–H and O–H groups in total. The van der Waals surface area contributed by atoms with Gasteiger partial charge in [-0.15, -0.1) is 6.58 Å². The van der Waals surface area contributed by atoms with E-state index in [9.17, 15) is 5.11 Å². The molecule has 1 nitrogen and oxygen atoms in total. The van der Waals surface area contributed by atoms with Crippen molar-refractivity contribution in [2.75, 3.05) is 0 Å². The molecule has 0 aromatic heterocycles. The quantitative estimate of drug-likeness (QED) is 0.739. The molecule has 0 aliphatic rings. The van der Waals surface area contributed by atoms with Crippen LogP contribution in [0.5, 0.6) is 5.75 Å². The first kappa shape index (κ1) is 11.6. The molecule has 1 aromatic rings. The SMILES string of the molecule is C=CCc1ccc(O)c(CC=C(C)C)c1. The molecule has 80 valence electrons. The zero-order valence-electron chi connectivity index (χ0n) is 9.46. The van der Waals surface area contributed by atoms with Crippen LogP contribution in [0.1, 0.15) is 25.0 Å². The molecule has 0 radical (unpaired) electrons. The summed E-state index contributed by atoms with van der Waals surface area (Å²) in [4.78, 5) is 0. The van der Waals surface area contributed by atoms with Crippen LogP contribution in [0.25, 0.3) is 0 Å². The molecular weight excluding hydrogens is 184 g/mol. The van der Waals surface area contributed by atoms with E-state index >= 15 is 0 Å². The largest absolute Gasteiger partial charge is 0.508 e. The zero-order chi connectivity index (χ0) is 11.3. The van der Waals surface area contributed by atoms with Gasteiger partial charge in [-0.25, -0.2) is 0 Å². The van der Waals surface area contributed by atoms with Crippen molar-refractivity contribution in [1.29, 1.82) is 0 Å². The van der Waals surface area contributed by atoms with Gasteiger partial charge in [0.25, 0.3) is 0 Å². The lowest BCUT2D eigenvalue weighted by Crippen LogP contribution is -1.88. The summed E-state index contributed by atoms with van der Waals surface area (Å²) < 4.78 is 0. The summed E-state index contributed by atoms with van der Waals surface area (Å²) in [7, 11) is 0. The Hall–Kier alpha value is -1.50. The maximum absolute atomic E-state index is 9.66. The predicted octanol–water partition coefficient (Wildman–Crippen LogP) is 3.63. The molecule has 0 bridgehead atoms. The monoisotopic (exact) mass is 202 g/mol. The Morgan fingerprint density at radius 3 is 2.67 bits per heavy atom. The van der Waals surface area contributed by atoms with Crippen molar-refractivity contribution >= 4 is 0 Å². The second-order valence-electron chi connectivity index (χ2n) is 3.94. The van der Waals surface area contributed by atoms with Crippen LogP contribution in [-0.4, -0.2) is 5.11 Å². The van der Waals surface area contributed by atoms with Gasteiger partial charge < -0.3 is 5.11 Å². The van der Waals surface area contributed by atoms with Gasteiger partial charge in [0.15, 0.2) is 0 Å². The standard InChI is InChI=1S/C14H18O/c1-4-5-12-7-9-14(15)13(10-12)8-6-11(2)3/h4,6-7,9-10,15H,1,5,8H2,2-3H3. The maximum atomic E-state index is 9.66. The Labute approximate surface area is 91.8 Å². The van der Waals surface area contributed by atoms with E-state index in [0.29, 0.717) is 5.75 Å². The van der Waals surface area contributed by atoms with Crippen LogP contribution in [0.4, 0.5) is 0 Å². The minimum absolute atomic E-state index is 0.375. The van der Waals surface area contributed by atoms with Gasteiger partial charge in [-0.3, -0.25) is 0 Å². The van der Waals surface area contributed by atoms with E-state index in [2.05, 4.69) is 26.5 Å². The van der Waals surface area contributed by atoms with Gasteiger partial charge in [0.1, 0.15) is 5.75 Å². The van der Waals surface area contributed by atoms with Crippen molar-refractivity contribution < 1.29 is 5.11 Å². The second kappa shape index (κ2) is 5.40. The van der Waals surface area contributed by atoms with Crippen molar-refractivity contribution in [3.63, 3.8) is 0 Å². The number of aromatic hydroxyl groups is 1. The van der Waals surface area contributed by atoms with Crippen molar-refractivity contribution in [2.45, 2.75) is 26.7 Å². The Morgan fingerprint density at radius 1 is 1.33 bits per heavy atom. The van der Waals surface area contributed by atoms with E-state index in [-0.39, 0.29) is 0 Å². The van der Waals surface area contributed by atoms with Crippen molar-refractivity contribution in [3.8, 4) is 5.75 Å². The van der Waals surface area contributed by atoms with Crippen LogP contribution in [-0.2, 0) is 12.8 Å². The van der Waals surface area contributed by atoms with Crippen LogP contribution in [0, 0.1) is 0 Å². The summed E-state index contributed by atoms with van der Waals surface area (Å²) in [5.41, 5.74) is 3.44. The van der Waals surface area contributed by atoms with E-state index in [4.69, 9.17) is 0 Å². The fourth-order valence-electron chi connectivity index (χ4n) is 1.41. The Kier molecular flexibility index (Phi) is 4.17. The highest BCUT2D eigenvalue weighted by molar-refractivity contribution is 5.38. The van der Waals surface area contributed by atoms with Crippen LogP contribution in [0.15, 0.2) is 42.5 Å². The van der Waals surface area contributed by atoms with E-state index in [0.717, 1.165) is 18.4 Å². The molecule has 0 saturated carbocycles. The fourth-order valence-corrected chi connectivity index (χ4v) is 1.41. The molecule has 1 heteroatoms. The highest BCUT2D eigenvalue weighted by Gasteiger charge is 2.00. The molecule has 0 saturated heterocycles. The minimum atomic E-state index is 0.375. The molecule has 15 heavy (non-hydrogen) atoms. The lowest BCUT2D eigenvalue weighted by atomic mass is 10.0. The molecule has 0 fully saturated rings. The second-order valence-corrected chi connectivity index (χ2v) is 3.94. The predicted molar refractivity (Wildman–Crippen MR) is 65.1 cm³/mol. The van der Waals surface area contributed by atoms with E-state index in [1.165, 1.54) is 11.1 Å². The van der Waals surface area contributed by atoms with Crippen LogP contribution in [0.2, 0.25) is 0 Å². The van der Waals surface area contributed by atoms with Crippen LogP contribution in [0.3, 0.4) is 0 Å². The fraction of sp³-hybridized carbons (Fsp3) is 0.286. The average molecular weight is 202 g/mol. The first-order chi connectivity index (χ1) is 7.13. The molecule has 0 aliphatic carbocycles. The number of phenolic OH excluding ortho intramolecular Hbond substituents is 1. The summed E-state index contributed by atoms with van der Waals surface area (Å²) in [5, 5.41) is 9.66.